The van der Waals surface area contributed by atoms with E-state index in [0.29, 0.717) is 0 Å². The summed E-state index contributed by atoms with van der Waals surface area (Å²) < 4.78 is 24.8. The molecule has 1 heterocycles. The summed E-state index contributed by atoms with van der Waals surface area (Å²) in [6, 6.07) is 2.73. The first-order valence-corrected chi connectivity index (χ1v) is 4.38. The molecule has 0 aliphatic heterocycles. The lowest BCUT2D eigenvalue weighted by Crippen LogP contribution is -1.99. The molecule has 0 unspecified atom stereocenters. The molecule has 0 radical (unpaired) electrons. The molecule has 1 N–H and O–H groups in total. The number of aliphatic hydroxyl groups excluding tert-OH is 1. The summed E-state index contributed by atoms with van der Waals surface area (Å²) in [5.74, 6) is 0. The molecule has 0 atom stereocenters. The Hall–Kier alpha value is -1.06. The Balaban J connectivity index is 3.36. The van der Waals surface area contributed by atoms with Crippen LogP contribution in [-0.4, -0.2) is 10.1 Å². The van der Waals surface area contributed by atoms with Gasteiger partial charge in [0, 0.05) is 5.56 Å². The Kier molecular flexibility index (Phi) is 3.49. The van der Waals surface area contributed by atoms with Gasteiger partial charge in [0.25, 0.3) is 6.43 Å². The molecule has 0 aliphatic rings. The number of alkyl halides is 2. The Morgan fingerprint density at radius 1 is 1.64 bits per heavy atom. The molecular formula is C8H5BrF2N2O. The van der Waals surface area contributed by atoms with E-state index in [4.69, 9.17) is 10.4 Å². The zero-order valence-corrected chi connectivity index (χ0v) is 8.42. The van der Waals surface area contributed by atoms with E-state index in [-0.39, 0.29) is 21.4 Å². The first kappa shape index (κ1) is 11.0. The summed E-state index contributed by atoms with van der Waals surface area (Å²) >= 11 is 2.86. The average molecular weight is 263 g/mol. The average Bonchev–Trinajstić information content (AvgIpc) is 2.17. The van der Waals surface area contributed by atoms with Crippen LogP contribution in [0.1, 0.15) is 23.4 Å². The predicted molar refractivity (Wildman–Crippen MR) is 47.5 cm³/mol. The van der Waals surface area contributed by atoms with Gasteiger partial charge in [-0.15, -0.1) is 0 Å². The molecule has 0 bridgehead atoms. The van der Waals surface area contributed by atoms with Crippen molar-refractivity contribution < 1.29 is 13.9 Å². The summed E-state index contributed by atoms with van der Waals surface area (Å²) in [7, 11) is 0. The Labute approximate surface area is 87.1 Å². The van der Waals surface area contributed by atoms with Gasteiger partial charge in [0.05, 0.1) is 16.8 Å². The van der Waals surface area contributed by atoms with Crippen molar-refractivity contribution in [3.05, 3.63) is 27.5 Å². The molecule has 0 fully saturated rings. The molecule has 0 saturated heterocycles. The maximum absolute atomic E-state index is 12.4. The lowest BCUT2D eigenvalue weighted by molar-refractivity contribution is 0.150. The molecule has 0 spiro atoms. The van der Waals surface area contributed by atoms with Crippen molar-refractivity contribution in [3.8, 4) is 6.07 Å². The van der Waals surface area contributed by atoms with Gasteiger partial charge in [0.2, 0.25) is 0 Å². The molecule has 74 valence electrons. The Morgan fingerprint density at radius 2 is 2.29 bits per heavy atom. The van der Waals surface area contributed by atoms with Crippen LogP contribution in [0.4, 0.5) is 8.78 Å². The maximum atomic E-state index is 12.4. The zero-order valence-electron chi connectivity index (χ0n) is 6.84. The van der Waals surface area contributed by atoms with E-state index in [1.807, 2.05) is 0 Å². The van der Waals surface area contributed by atoms with Gasteiger partial charge in [-0.05, 0) is 22.0 Å². The summed E-state index contributed by atoms with van der Waals surface area (Å²) in [5.41, 5.74) is -0.424. The van der Waals surface area contributed by atoms with Crippen LogP contribution in [0.3, 0.4) is 0 Å². The van der Waals surface area contributed by atoms with E-state index in [0.717, 1.165) is 6.07 Å². The molecular weight excluding hydrogens is 258 g/mol. The van der Waals surface area contributed by atoms with Crippen molar-refractivity contribution in [2.45, 2.75) is 13.0 Å². The lowest BCUT2D eigenvalue weighted by atomic mass is 10.2. The summed E-state index contributed by atoms with van der Waals surface area (Å²) in [5, 5.41) is 17.3. The quantitative estimate of drug-likeness (QED) is 0.889. The number of halogens is 3. The van der Waals surface area contributed by atoms with E-state index in [2.05, 4.69) is 20.9 Å². The molecule has 3 nitrogen and oxygen atoms in total. The van der Waals surface area contributed by atoms with Crippen molar-refractivity contribution in [2.75, 3.05) is 0 Å². The molecule has 1 aromatic rings. The highest BCUT2D eigenvalue weighted by Gasteiger charge is 2.17. The molecule has 6 heteroatoms. The molecule has 1 aromatic heterocycles. The van der Waals surface area contributed by atoms with Gasteiger partial charge < -0.3 is 5.11 Å². The number of nitriles is 1. The second kappa shape index (κ2) is 4.44. The molecule has 1 rings (SSSR count). The van der Waals surface area contributed by atoms with E-state index in [1.165, 1.54) is 0 Å². The summed E-state index contributed by atoms with van der Waals surface area (Å²) in [4.78, 5) is 3.66. The minimum absolute atomic E-state index is 0.0211. The second-order valence-electron chi connectivity index (χ2n) is 2.44. The van der Waals surface area contributed by atoms with Crippen LogP contribution in [0.5, 0.6) is 0 Å². The van der Waals surface area contributed by atoms with Gasteiger partial charge in [0.15, 0.2) is 5.69 Å². The first-order valence-electron chi connectivity index (χ1n) is 3.58. The van der Waals surface area contributed by atoms with Crippen LogP contribution in [0.2, 0.25) is 0 Å². The molecule has 0 amide bonds. The number of hydrogen-bond donors (Lipinski definition) is 1. The van der Waals surface area contributed by atoms with Crippen molar-refractivity contribution in [3.63, 3.8) is 0 Å². The van der Waals surface area contributed by atoms with E-state index in [9.17, 15) is 8.78 Å². The number of rotatable bonds is 2. The smallest absolute Gasteiger partial charge is 0.265 e. The fourth-order valence-electron chi connectivity index (χ4n) is 0.918. The molecule has 0 aromatic carbocycles. The number of aromatic nitrogens is 1. The third kappa shape index (κ3) is 2.05. The van der Waals surface area contributed by atoms with E-state index in [1.54, 1.807) is 6.07 Å². The first-order chi connectivity index (χ1) is 6.60. The van der Waals surface area contributed by atoms with Crippen LogP contribution in [0, 0.1) is 11.3 Å². The van der Waals surface area contributed by atoms with Crippen molar-refractivity contribution in [1.29, 1.82) is 5.26 Å². The highest BCUT2D eigenvalue weighted by atomic mass is 79.9. The van der Waals surface area contributed by atoms with Crippen LogP contribution >= 0.6 is 15.9 Å². The van der Waals surface area contributed by atoms with E-state index < -0.39 is 13.0 Å². The highest BCUT2D eigenvalue weighted by molar-refractivity contribution is 9.10. The summed E-state index contributed by atoms with van der Waals surface area (Å²) in [6.07, 6.45) is -2.70. The number of pyridine rings is 1. The monoisotopic (exact) mass is 262 g/mol. The fourth-order valence-corrected chi connectivity index (χ4v) is 1.38. The summed E-state index contributed by atoms with van der Waals surface area (Å²) in [6.45, 7) is -0.471. The van der Waals surface area contributed by atoms with Crippen molar-refractivity contribution in [1.82, 2.24) is 4.98 Å². The fraction of sp³-hybridized carbons (Fsp3) is 0.250. The Bertz CT molecular complexity index is 390. The van der Waals surface area contributed by atoms with Crippen LogP contribution < -0.4 is 0 Å². The minimum atomic E-state index is -2.70. The van der Waals surface area contributed by atoms with Crippen LogP contribution in [0.15, 0.2) is 10.5 Å². The maximum Gasteiger partial charge on any atom is 0.265 e. The number of nitrogens with zero attached hydrogens (tertiary/aromatic N) is 2. The standard InChI is InChI=1S/C8H5BrF2N2O/c9-7-5(8(10)11)1-4(3-14)13-6(7)2-12/h1,8,14H,3H2. The number of hydrogen-bond acceptors (Lipinski definition) is 3. The third-order valence-electron chi connectivity index (χ3n) is 1.54. The third-order valence-corrected chi connectivity index (χ3v) is 2.38. The molecule has 0 aliphatic carbocycles. The number of aliphatic hydroxyl groups is 1. The highest BCUT2D eigenvalue weighted by Crippen LogP contribution is 2.29. The van der Waals surface area contributed by atoms with Gasteiger partial charge in [-0.2, -0.15) is 5.26 Å². The van der Waals surface area contributed by atoms with Crippen LogP contribution in [-0.2, 0) is 6.61 Å². The van der Waals surface area contributed by atoms with Crippen LogP contribution in [0.25, 0.3) is 0 Å². The van der Waals surface area contributed by atoms with Gasteiger partial charge in [0.1, 0.15) is 6.07 Å². The normalized spacial score (nSPS) is 10.3. The second-order valence-corrected chi connectivity index (χ2v) is 3.23. The Morgan fingerprint density at radius 3 is 2.71 bits per heavy atom. The van der Waals surface area contributed by atoms with Gasteiger partial charge >= 0.3 is 0 Å². The lowest BCUT2D eigenvalue weighted by Gasteiger charge is -2.06. The SMILES string of the molecule is N#Cc1nc(CO)cc(C(F)F)c1Br. The molecule has 14 heavy (non-hydrogen) atoms. The largest absolute Gasteiger partial charge is 0.390 e. The molecule has 0 saturated carbocycles. The zero-order chi connectivity index (χ0) is 10.7. The van der Waals surface area contributed by atoms with Gasteiger partial charge in [-0.1, -0.05) is 0 Å². The topological polar surface area (TPSA) is 56.9 Å². The van der Waals surface area contributed by atoms with Gasteiger partial charge in [-0.3, -0.25) is 0 Å². The van der Waals surface area contributed by atoms with E-state index >= 15 is 0 Å². The van der Waals surface area contributed by atoms with Crippen molar-refractivity contribution >= 4 is 15.9 Å². The van der Waals surface area contributed by atoms with Crippen molar-refractivity contribution in [2.24, 2.45) is 0 Å². The predicted octanol–water partition coefficient (Wildman–Crippen LogP) is 2.15. The minimum Gasteiger partial charge on any atom is -0.390 e. The van der Waals surface area contributed by atoms with Gasteiger partial charge in [-0.25, -0.2) is 13.8 Å².